The Morgan fingerprint density at radius 3 is 2.65 bits per heavy atom. The summed E-state index contributed by atoms with van der Waals surface area (Å²) in [5.74, 6) is -0.00539. The van der Waals surface area contributed by atoms with Gasteiger partial charge >= 0.3 is 5.69 Å². The maximum absolute atomic E-state index is 12.8. The van der Waals surface area contributed by atoms with Gasteiger partial charge in [-0.25, -0.2) is 9.78 Å². The van der Waals surface area contributed by atoms with Gasteiger partial charge in [-0.15, -0.1) is 6.58 Å². The van der Waals surface area contributed by atoms with E-state index in [0.717, 1.165) is 4.57 Å². The van der Waals surface area contributed by atoms with Crippen molar-refractivity contribution in [1.82, 2.24) is 14.1 Å². The molecular weight excluding hydrogens is 294 g/mol. The highest BCUT2D eigenvalue weighted by Gasteiger charge is 2.33. The lowest BCUT2D eigenvalue weighted by Crippen LogP contribution is -2.40. The molecular formula is C17H19N3O3. The Morgan fingerprint density at radius 2 is 2.00 bits per heavy atom. The molecule has 0 aromatic carbocycles. The normalized spacial score (nSPS) is 16.4. The number of aromatic nitrogens is 3. The highest BCUT2D eigenvalue weighted by Crippen LogP contribution is 2.36. The van der Waals surface area contributed by atoms with E-state index in [4.69, 9.17) is 0 Å². The summed E-state index contributed by atoms with van der Waals surface area (Å²) in [6.45, 7) is 7.73. The van der Waals surface area contributed by atoms with Crippen molar-refractivity contribution < 1.29 is 4.79 Å². The number of carbonyl (C=O) groups is 1. The average molecular weight is 313 g/mol. The van der Waals surface area contributed by atoms with Gasteiger partial charge in [0.1, 0.15) is 5.65 Å². The topological polar surface area (TPSA) is 74.0 Å². The molecule has 0 saturated carbocycles. The molecule has 0 spiro atoms. The standard InChI is InChI=1S/C17H19N3O3/c1-5-6-20-15(22)13-10-7-17(2,3)8-12(21)11(10)9-18-14(13)19(4)16(20)23/h5,9H,1,6-8H2,2-4H3. The number of pyridine rings is 1. The van der Waals surface area contributed by atoms with Crippen molar-refractivity contribution in [1.29, 1.82) is 0 Å². The molecule has 0 saturated heterocycles. The predicted molar refractivity (Wildman–Crippen MR) is 87.9 cm³/mol. The molecule has 0 atom stereocenters. The van der Waals surface area contributed by atoms with Gasteiger partial charge in [0.05, 0.1) is 5.39 Å². The van der Waals surface area contributed by atoms with Gasteiger partial charge < -0.3 is 0 Å². The molecule has 2 aromatic rings. The van der Waals surface area contributed by atoms with Crippen molar-refractivity contribution in [3.63, 3.8) is 0 Å². The lowest BCUT2D eigenvalue weighted by molar-refractivity contribution is 0.0912. The summed E-state index contributed by atoms with van der Waals surface area (Å²) in [5, 5.41) is 0.368. The summed E-state index contributed by atoms with van der Waals surface area (Å²) in [6.07, 6.45) is 4.03. The fraction of sp³-hybridized carbons (Fsp3) is 0.412. The number of ketones is 1. The number of Topliss-reactive ketones (excluding diaryl/α,β-unsaturated/α-hetero) is 1. The summed E-state index contributed by atoms with van der Waals surface area (Å²) in [6, 6.07) is 0. The molecule has 0 N–H and O–H groups in total. The lowest BCUT2D eigenvalue weighted by Gasteiger charge is -2.30. The van der Waals surface area contributed by atoms with E-state index in [-0.39, 0.29) is 17.7 Å². The SMILES string of the molecule is C=CCn1c(=O)c2c3c(cnc2n(C)c1=O)C(=O)CC(C)(C)C3. The highest BCUT2D eigenvalue weighted by atomic mass is 16.2. The highest BCUT2D eigenvalue weighted by molar-refractivity contribution is 6.02. The number of allylic oxidation sites excluding steroid dienone is 1. The van der Waals surface area contributed by atoms with E-state index in [2.05, 4.69) is 11.6 Å². The molecule has 120 valence electrons. The maximum atomic E-state index is 12.8. The number of carbonyl (C=O) groups excluding carboxylic acids is 1. The number of aryl methyl sites for hydroxylation is 1. The van der Waals surface area contributed by atoms with E-state index in [1.807, 2.05) is 13.8 Å². The fourth-order valence-corrected chi connectivity index (χ4v) is 3.30. The molecule has 2 aromatic heterocycles. The third-order valence-corrected chi connectivity index (χ3v) is 4.37. The van der Waals surface area contributed by atoms with Crippen LogP contribution >= 0.6 is 0 Å². The van der Waals surface area contributed by atoms with Gasteiger partial charge in [0, 0.05) is 31.8 Å². The first-order valence-electron chi connectivity index (χ1n) is 7.52. The monoisotopic (exact) mass is 313 g/mol. The zero-order valence-corrected chi connectivity index (χ0v) is 13.5. The Balaban J connectivity index is 2.50. The van der Waals surface area contributed by atoms with Crippen molar-refractivity contribution in [2.45, 2.75) is 33.2 Å². The molecule has 0 aliphatic heterocycles. The third kappa shape index (κ3) is 2.25. The van der Waals surface area contributed by atoms with Crippen LogP contribution in [0.4, 0.5) is 0 Å². The second-order valence-electron chi connectivity index (χ2n) is 6.84. The molecule has 0 radical (unpaired) electrons. The van der Waals surface area contributed by atoms with Crippen molar-refractivity contribution in [3.05, 3.63) is 50.8 Å². The molecule has 1 aliphatic rings. The molecule has 3 rings (SSSR count). The second-order valence-corrected chi connectivity index (χ2v) is 6.84. The van der Waals surface area contributed by atoms with E-state index in [1.165, 1.54) is 16.8 Å². The summed E-state index contributed by atoms with van der Waals surface area (Å²) < 4.78 is 2.48. The van der Waals surface area contributed by atoms with Gasteiger partial charge in [-0.3, -0.25) is 18.7 Å². The van der Waals surface area contributed by atoms with Crippen LogP contribution < -0.4 is 11.2 Å². The molecule has 6 heteroatoms. The van der Waals surface area contributed by atoms with Gasteiger partial charge in [0.2, 0.25) is 0 Å². The largest absolute Gasteiger partial charge is 0.332 e. The number of hydrogen-bond acceptors (Lipinski definition) is 4. The van der Waals surface area contributed by atoms with Crippen LogP contribution in [0.25, 0.3) is 11.0 Å². The van der Waals surface area contributed by atoms with E-state index in [0.29, 0.717) is 35.0 Å². The third-order valence-electron chi connectivity index (χ3n) is 4.37. The van der Waals surface area contributed by atoms with Crippen molar-refractivity contribution >= 4 is 16.8 Å². The summed E-state index contributed by atoms with van der Waals surface area (Å²) in [4.78, 5) is 41.8. The quantitative estimate of drug-likeness (QED) is 0.786. The summed E-state index contributed by atoms with van der Waals surface area (Å²) >= 11 is 0. The van der Waals surface area contributed by atoms with Gasteiger partial charge in [0.15, 0.2) is 5.78 Å². The molecule has 23 heavy (non-hydrogen) atoms. The first-order valence-corrected chi connectivity index (χ1v) is 7.52. The van der Waals surface area contributed by atoms with Crippen LogP contribution in [0.1, 0.15) is 36.2 Å². The summed E-state index contributed by atoms with van der Waals surface area (Å²) in [5.41, 5.74) is 0.467. The molecule has 0 unspecified atom stereocenters. The lowest BCUT2D eigenvalue weighted by atomic mass is 9.73. The van der Waals surface area contributed by atoms with E-state index in [1.54, 1.807) is 7.05 Å². The van der Waals surface area contributed by atoms with Gasteiger partial charge in [-0.05, 0) is 17.4 Å². The Hall–Kier alpha value is -2.50. The summed E-state index contributed by atoms with van der Waals surface area (Å²) in [7, 11) is 1.58. The molecule has 6 nitrogen and oxygen atoms in total. The van der Waals surface area contributed by atoms with E-state index >= 15 is 0 Å². The Bertz CT molecular complexity index is 964. The Labute approximate surface area is 133 Å². The van der Waals surface area contributed by atoms with Crippen LogP contribution in [0.15, 0.2) is 28.4 Å². The van der Waals surface area contributed by atoms with Gasteiger partial charge in [0.25, 0.3) is 5.56 Å². The van der Waals surface area contributed by atoms with Crippen LogP contribution in [0, 0.1) is 5.41 Å². The molecule has 0 bridgehead atoms. The molecule has 2 heterocycles. The van der Waals surface area contributed by atoms with Crippen LogP contribution in [-0.4, -0.2) is 19.9 Å². The zero-order chi connectivity index (χ0) is 16.9. The Kier molecular flexibility index (Phi) is 3.35. The maximum Gasteiger partial charge on any atom is 0.332 e. The average Bonchev–Trinajstić information content (AvgIpc) is 2.47. The van der Waals surface area contributed by atoms with E-state index < -0.39 is 11.2 Å². The fourth-order valence-electron chi connectivity index (χ4n) is 3.30. The minimum atomic E-state index is -0.434. The predicted octanol–water partition coefficient (Wildman–Crippen LogP) is 1.44. The van der Waals surface area contributed by atoms with Crippen LogP contribution in [0.5, 0.6) is 0 Å². The van der Waals surface area contributed by atoms with Crippen LogP contribution in [0.3, 0.4) is 0 Å². The number of rotatable bonds is 2. The molecule has 0 fully saturated rings. The first-order chi connectivity index (χ1) is 10.8. The van der Waals surface area contributed by atoms with Crippen molar-refractivity contribution in [2.75, 3.05) is 0 Å². The van der Waals surface area contributed by atoms with E-state index in [9.17, 15) is 14.4 Å². The van der Waals surface area contributed by atoms with Crippen LogP contribution in [0.2, 0.25) is 0 Å². The molecule has 0 amide bonds. The van der Waals surface area contributed by atoms with Gasteiger partial charge in [-0.2, -0.15) is 0 Å². The van der Waals surface area contributed by atoms with Crippen molar-refractivity contribution in [2.24, 2.45) is 12.5 Å². The zero-order valence-electron chi connectivity index (χ0n) is 13.5. The Morgan fingerprint density at radius 1 is 1.30 bits per heavy atom. The second kappa shape index (κ2) is 5.01. The van der Waals surface area contributed by atoms with Crippen molar-refractivity contribution in [3.8, 4) is 0 Å². The number of fused-ring (bicyclic) bond motifs is 3. The minimum Gasteiger partial charge on any atom is -0.294 e. The van der Waals surface area contributed by atoms with Crippen LogP contribution in [-0.2, 0) is 20.0 Å². The van der Waals surface area contributed by atoms with Gasteiger partial charge in [-0.1, -0.05) is 19.9 Å². The molecule has 1 aliphatic carbocycles. The first kappa shape index (κ1) is 15.4. The smallest absolute Gasteiger partial charge is 0.294 e. The number of nitrogens with zero attached hydrogens (tertiary/aromatic N) is 3. The number of hydrogen-bond donors (Lipinski definition) is 0. The minimum absolute atomic E-state index is 0.00539.